The highest BCUT2D eigenvalue weighted by molar-refractivity contribution is 14.1. The van der Waals surface area contributed by atoms with Crippen LogP contribution in [-0.4, -0.2) is 4.98 Å². The highest BCUT2D eigenvalue weighted by Gasteiger charge is 2.13. The molecule has 1 aromatic carbocycles. The molecule has 88 valence electrons. The molecule has 0 saturated heterocycles. The van der Waals surface area contributed by atoms with E-state index < -0.39 is 0 Å². The van der Waals surface area contributed by atoms with Crippen molar-refractivity contribution < 1.29 is 0 Å². The van der Waals surface area contributed by atoms with Gasteiger partial charge in [-0.3, -0.25) is 4.98 Å². The average molecular weight is 359 g/mol. The fourth-order valence-electron chi connectivity index (χ4n) is 1.68. The highest BCUT2D eigenvalue weighted by Crippen LogP contribution is 2.26. The van der Waals surface area contributed by atoms with Crippen molar-refractivity contribution in [1.29, 1.82) is 0 Å². The topological polar surface area (TPSA) is 38.9 Å². The number of halogens is 2. The van der Waals surface area contributed by atoms with Gasteiger partial charge in [0.05, 0.1) is 6.04 Å². The second kappa shape index (κ2) is 5.33. The Hall–Kier alpha value is -0.650. The minimum absolute atomic E-state index is 0.187. The Morgan fingerprint density at radius 2 is 2.06 bits per heavy atom. The standard InChI is InChI=1S/C13H12ClIN2/c1-8-4-9(7-17-6-8)13(16)11-5-10(14)2-3-12(11)15/h2-7,13H,16H2,1H3. The van der Waals surface area contributed by atoms with Crippen molar-refractivity contribution in [2.24, 2.45) is 5.73 Å². The summed E-state index contributed by atoms with van der Waals surface area (Å²) in [6.45, 7) is 2.01. The average Bonchev–Trinajstić information content (AvgIpc) is 2.31. The fourth-order valence-corrected chi connectivity index (χ4v) is 2.53. The summed E-state index contributed by atoms with van der Waals surface area (Å²) >= 11 is 8.27. The van der Waals surface area contributed by atoms with Gasteiger partial charge in [0.25, 0.3) is 0 Å². The molecule has 17 heavy (non-hydrogen) atoms. The zero-order chi connectivity index (χ0) is 12.4. The first-order valence-corrected chi connectivity index (χ1v) is 6.65. The number of rotatable bonds is 2. The van der Waals surface area contributed by atoms with Gasteiger partial charge in [0, 0.05) is 21.0 Å². The summed E-state index contributed by atoms with van der Waals surface area (Å²) in [6, 6.07) is 7.62. The molecule has 2 N–H and O–H groups in total. The zero-order valence-electron chi connectivity index (χ0n) is 9.32. The summed E-state index contributed by atoms with van der Waals surface area (Å²) in [6.07, 6.45) is 3.62. The van der Waals surface area contributed by atoms with Gasteiger partial charge in [0.1, 0.15) is 0 Å². The van der Waals surface area contributed by atoms with Crippen molar-refractivity contribution in [3.63, 3.8) is 0 Å². The van der Waals surface area contributed by atoms with Crippen LogP contribution in [-0.2, 0) is 0 Å². The summed E-state index contributed by atoms with van der Waals surface area (Å²) in [5.74, 6) is 0. The molecule has 0 saturated carbocycles. The fraction of sp³-hybridized carbons (Fsp3) is 0.154. The van der Waals surface area contributed by atoms with E-state index in [1.54, 1.807) is 6.20 Å². The lowest BCUT2D eigenvalue weighted by molar-refractivity contribution is 0.855. The van der Waals surface area contributed by atoms with Crippen LogP contribution in [0.5, 0.6) is 0 Å². The molecular weight excluding hydrogens is 347 g/mol. The van der Waals surface area contributed by atoms with E-state index in [2.05, 4.69) is 33.6 Å². The maximum atomic E-state index is 6.25. The Morgan fingerprint density at radius 3 is 2.76 bits per heavy atom. The maximum absolute atomic E-state index is 6.25. The number of nitrogens with two attached hydrogens (primary N) is 1. The van der Waals surface area contributed by atoms with Crippen LogP contribution in [0.4, 0.5) is 0 Å². The third-order valence-electron chi connectivity index (χ3n) is 2.55. The van der Waals surface area contributed by atoms with Gasteiger partial charge in [-0.15, -0.1) is 0 Å². The molecule has 1 aromatic heterocycles. The van der Waals surface area contributed by atoms with E-state index in [0.717, 1.165) is 20.3 Å². The molecule has 0 radical (unpaired) electrons. The zero-order valence-corrected chi connectivity index (χ0v) is 12.2. The largest absolute Gasteiger partial charge is 0.320 e. The Morgan fingerprint density at radius 1 is 1.29 bits per heavy atom. The van der Waals surface area contributed by atoms with Crippen LogP contribution in [0.3, 0.4) is 0 Å². The lowest BCUT2D eigenvalue weighted by Gasteiger charge is -2.14. The van der Waals surface area contributed by atoms with E-state index in [4.69, 9.17) is 17.3 Å². The first-order chi connectivity index (χ1) is 8.08. The molecular formula is C13H12ClIN2. The third-order valence-corrected chi connectivity index (χ3v) is 3.77. The van der Waals surface area contributed by atoms with Crippen LogP contribution in [0, 0.1) is 10.5 Å². The molecule has 2 rings (SSSR count). The Bertz CT molecular complexity index is 543. The summed E-state index contributed by atoms with van der Waals surface area (Å²) < 4.78 is 1.11. The molecule has 1 unspecified atom stereocenters. The number of hydrogen-bond acceptors (Lipinski definition) is 2. The van der Waals surface area contributed by atoms with E-state index in [1.807, 2.05) is 31.3 Å². The second-order valence-corrected chi connectivity index (χ2v) is 5.54. The predicted molar refractivity (Wildman–Crippen MR) is 79.2 cm³/mol. The van der Waals surface area contributed by atoms with Crippen molar-refractivity contribution >= 4 is 34.2 Å². The molecule has 0 aliphatic heterocycles. The van der Waals surface area contributed by atoms with Gasteiger partial charge in [-0.2, -0.15) is 0 Å². The molecule has 0 aliphatic carbocycles. The smallest absolute Gasteiger partial charge is 0.0578 e. The van der Waals surface area contributed by atoms with Gasteiger partial charge in [-0.25, -0.2) is 0 Å². The molecule has 2 nitrogen and oxygen atoms in total. The molecule has 0 aliphatic rings. The number of pyridine rings is 1. The third kappa shape index (κ3) is 2.97. The van der Waals surface area contributed by atoms with E-state index in [0.29, 0.717) is 5.02 Å². The molecule has 1 heterocycles. The lowest BCUT2D eigenvalue weighted by atomic mass is 10.0. The Kier molecular flexibility index (Phi) is 4.01. The van der Waals surface area contributed by atoms with Crippen molar-refractivity contribution in [1.82, 2.24) is 4.98 Å². The first-order valence-electron chi connectivity index (χ1n) is 5.20. The molecule has 0 amide bonds. The lowest BCUT2D eigenvalue weighted by Crippen LogP contribution is -2.13. The van der Waals surface area contributed by atoms with Gasteiger partial charge in [-0.1, -0.05) is 17.7 Å². The van der Waals surface area contributed by atoms with Crippen molar-refractivity contribution in [3.8, 4) is 0 Å². The number of aryl methyl sites for hydroxylation is 1. The summed E-state index contributed by atoms with van der Waals surface area (Å²) in [5.41, 5.74) is 9.40. The SMILES string of the molecule is Cc1cncc(C(N)c2cc(Cl)ccc2I)c1. The summed E-state index contributed by atoms with van der Waals surface area (Å²) in [7, 11) is 0. The first kappa shape index (κ1) is 12.8. The van der Waals surface area contributed by atoms with Crippen LogP contribution < -0.4 is 5.73 Å². The van der Waals surface area contributed by atoms with Crippen molar-refractivity contribution in [2.45, 2.75) is 13.0 Å². The van der Waals surface area contributed by atoms with E-state index >= 15 is 0 Å². The van der Waals surface area contributed by atoms with E-state index in [1.165, 1.54) is 0 Å². The Balaban J connectivity index is 2.43. The maximum Gasteiger partial charge on any atom is 0.0578 e. The number of nitrogens with zero attached hydrogens (tertiary/aromatic N) is 1. The highest BCUT2D eigenvalue weighted by atomic mass is 127. The number of hydrogen-bond donors (Lipinski definition) is 1. The molecule has 2 aromatic rings. The van der Waals surface area contributed by atoms with Gasteiger partial charge < -0.3 is 5.73 Å². The minimum Gasteiger partial charge on any atom is -0.320 e. The molecule has 0 spiro atoms. The molecule has 0 bridgehead atoms. The van der Waals surface area contributed by atoms with Crippen molar-refractivity contribution in [3.05, 3.63) is 61.9 Å². The monoisotopic (exact) mass is 358 g/mol. The van der Waals surface area contributed by atoms with Crippen LogP contribution in [0.25, 0.3) is 0 Å². The van der Waals surface area contributed by atoms with E-state index in [-0.39, 0.29) is 6.04 Å². The summed E-state index contributed by atoms with van der Waals surface area (Å²) in [4.78, 5) is 4.17. The number of benzene rings is 1. The molecule has 1 atom stereocenters. The summed E-state index contributed by atoms with van der Waals surface area (Å²) in [5, 5.41) is 0.705. The van der Waals surface area contributed by atoms with Crippen LogP contribution in [0.2, 0.25) is 5.02 Å². The van der Waals surface area contributed by atoms with Crippen LogP contribution >= 0.6 is 34.2 Å². The van der Waals surface area contributed by atoms with E-state index in [9.17, 15) is 0 Å². The molecule has 4 heteroatoms. The van der Waals surface area contributed by atoms with Gasteiger partial charge in [0.15, 0.2) is 0 Å². The van der Waals surface area contributed by atoms with Crippen molar-refractivity contribution in [2.75, 3.05) is 0 Å². The van der Waals surface area contributed by atoms with Gasteiger partial charge in [0.2, 0.25) is 0 Å². The van der Waals surface area contributed by atoms with Crippen LogP contribution in [0.15, 0.2) is 36.7 Å². The molecule has 0 fully saturated rings. The van der Waals surface area contributed by atoms with Gasteiger partial charge in [-0.05, 0) is 64.4 Å². The Labute approximate surface area is 119 Å². The minimum atomic E-state index is -0.187. The number of aromatic nitrogens is 1. The predicted octanol–water partition coefficient (Wildman–Crippen LogP) is 3.70. The second-order valence-electron chi connectivity index (χ2n) is 3.94. The van der Waals surface area contributed by atoms with Crippen LogP contribution in [0.1, 0.15) is 22.7 Å². The van der Waals surface area contributed by atoms with Gasteiger partial charge >= 0.3 is 0 Å². The quantitative estimate of drug-likeness (QED) is 0.832. The normalized spacial score (nSPS) is 12.5.